The lowest BCUT2D eigenvalue weighted by Crippen LogP contribution is -2.60. The molecule has 0 aromatic rings. The van der Waals surface area contributed by atoms with Gasteiger partial charge in [-0.1, -0.05) is 219 Å². The molecule has 0 aliphatic carbocycles. The van der Waals surface area contributed by atoms with Crippen molar-refractivity contribution in [1.82, 2.24) is 5.32 Å². The summed E-state index contributed by atoms with van der Waals surface area (Å²) in [6, 6.07) is -0.796. The van der Waals surface area contributed by atoms with E-state index in [1.165, 1.54) is 161 Å². The molecule has 9 nitrogen and oxygen atoms in total. The van der Waals surface area contributed by atoms with Crippen molar-refractivity contribution >= 4 is 5.91 Å². The molecule has 57 heavy (non-hydrogen) atoms. The van der Waals surface area contributed by atoms with Gasteiger partial charge in [0.15, 0.2) is 6.29 Å². The molecule has 9 heteroatoms. The van der Waals surface area contributed by atoms with E-state index in [2.05, 4.69) is 19.2 Å². The molecule has 1 saturated heterocycles. The number of carbonyl (C=O) groups is 1. The summed E-state index contributed by atoms with van der Waals surface area (Å²) in [5.41, 5.74) is 0. The van der Waals surface area contributed by atoms with Gasteiger partial charge in [0, 0.05) is 6.42 Å². The van der Waals surface area contributed by atoms with Gasteiger partial charge >= 0.3 is 0 Å². The minimum absolute atomic E-state index is 0.185. The molecular weight excluding hydrogens is 719 g/mol. The number of ether oxygens (including phenoxy) is 2. The molecule has 0 spiro atoms. The third-order valence-corrected chi connectivity index (χ3v) is 11.9. The van der Waals surface area contributed by atoms with Crippen molar-refractivity contribution < 1.29 is 39.8 Å². The third-order valence-electron chi connectivity index (χ3n) is 11.9. The van der Waals surface area contributed by atoms with Crippen LogP contribution in [0.15, 0.2) is 12.2 Å². The average Bonchev–Trinajstić information content (AvgIpc) is 3.21. The molecule has 338 valence electrons. The Morgan fingerprint density at radius 3 is 1.37 bits per heavy atom. The van der Waals surface area contributed by atoms with Gasteiger partial charge < -0.3 is 40.3 Å². The summed E-state index contributed by atoms with van der Waals surface area (Å²) in [6.07, 6.45) is 39.1. The van der Waals surface area contributed by atoms with Gasteiger partial charge in [-0.05, 0) is 19.3 Å². The molecule has 7 unspecified atom stereocenters. The van der Waals surface area contributed by atoms with E-state index in [0.717, 1.165) is 51.4 Å². The Labute approximate surface area is 350 Å². The van der Waals surface area contributed by atoms with Crippen LogP contribution in [-0.2, 0) is 14.3 Å². The van der Waals surface area contributed by atoms with Crippen LogP contribution in [0.2, 0.25) is 0 Å². The van der Waals surface area contributed by atoms with E-state index in [9.17, 15) is 30.3 Å². The molecule has 0 aromatic carbocycles. The molecule has 1 amide bonds. The fraction of sp³-hybridized carbons (Fsp3) is 0.938. The topological polar surface area (TPSA) is 149 Å². The molecule has 6 N–H and O–H groups in total. The number of unbranched alkanes of at least 4 members (excludes halogenated alkanes) is 31. The summed E-state index contributed by atoms with van der Waals surface area (Å²) in [5, 5.41) is 53.9. The third kappa shape index (κ3) is 29.7. The first kappa shape index (κ1) is 53.9. The Kier molecular flexibility index (Phi) is 37.0. The smallest absolute Gasteiger partial charge is 0.220 e. The second-order valence-electron chi connectivity index (χ2n) is 17.3. The Hall–Kier alpha value is -1.07. The van der Waals surface area contributed by atoms with E-state index < -0.39 is 49.5 Å². The fourth-order valence-electron chi connectivity index (χ4n) is 7.92. The first-order valence-corrected chi connectivity index (χ1v) is 24.4. The lowest BCUT2D eigenvalue weighted by Gasteiger charge is -2.40. The minimum Gasteiger partial charge on any atom is -0.394 e. The SMILES string of the molecule is CCCCCCCCCCCCCCCCCCCCCCCCCCCCC/C=C/C(O)C(COC1OC(CO)C(O)C(O)C1O)NC(=O)CCCCCCC. The van der Waals surface area contributed by atoms with Crippen LogP contribution in [0.5, 0.6) is 0 Å². The lowest BCUT2D eigenvalue weighted by atomic mass is 9.99. The number of carbonyl (C=O) groups excluding carboxylic acids is 1. The van der Waals surface area contributed by atoms with E-state index in [-0.39, 0.29) is 12.5 Å². The molecule has 0 radical (unpaired) electrons. The average molecular weight is 812 g/mol. The number of rotatable bonds is 41. The zero-order valence-electron chi connectivity index (χ0n) is 37.1. The predicted octanol–water partition coefficient (Wildman–Crippen LogP) is 10.5. The summed E-state index contributed by atoms with van der Waals surface area (Å²) < 4.78 is 11.1. The quantitative estimate of drug-likeness (QED) is 0.0264. The molecule has 0 bridgehead atoms. The summed E-state index contributed by atoms with van der Waals surface area (Å²) in [7, 11) is 0. The largest absolute Gasteiger partial charge is 0.394 e. The number of nitrogens with one attached hydrogen (secondary N) is 1. The maximum atomic E-state index is 12.7. The number of aliphatic hydroxyl groups is 5. The number of hydrogen-bond acceptors (Lipinski definition) is 8. The van der Waals surface area contributed by atoms with Crippen LogP contribution in [-0.4, -0.2) is 87.5 Å². The highest BCUT2D eigenvalue weighted by molar-refractivity contribution is 5.76. The van der Waals surface area contributed by atoms with Crippen LogP contribution in [0, 0.1) is 0 Å². The standard InChI is InChI=1S/C48H93NO8/c1-3-5-7-9-10-11-12-13-14-15-16-17-18-19-20-21-22-23-24-25-26-27-28-29-30-31-32-34-35-37-42(51)41(49-44(52)38-36-33-8-6-4-2)40-56-48-47(55)46(54)45(53)43(39-50)57-48/h35,37,41-43,45-48,50-51,53-55H,3-34,36,38-40H2,1-2H3,(H,49,52)/b37-35+. The van der Waals surface area contributed by atoms with Crippen LogP contribution in [0.3, 0.4) is 0 Å². The summed E-state index contributed by atoms with van der Waals surface area (Å²) in [6.45, 7) is 3.69. The molecule has 1 fully saturated rings. The molecule has 1 rings (SSSR count). The van der Waals surface area contributed by atoms with E-state index >= 15 is 0 Å². The van der Waals surface area contributed by atoms with E-state index in [1.807, 2.05) is 6.08 Å². The van der Waals surface area contributed by atoms with Gasteiger partial charge in [0.05, 0.1) is 25.4 Å². The van der Waals surface area contributed by atoms with Crippen LogP contribution in [0.25, 0.3) is 0 Å². The van der Waals surface area contributed by atoms with Crippen LogP contribution < -0.4 is 5.32 Å². The molecular formula is C48H93NO8. The first-order chi connectivity index (χ1) is 27.8. The zero-order chi connectivity index (χ0) is 41.6. The summed E-state index contributed by atoms with van der Waals surface area (Å²) in [4.78, 5) is 12.7. The monoisotopic (exact) mass is 812 g/mol. The van der Waals surface area contributed by atoms with E-state index in [0.29, 0.717) is 6.42 Å². The van der Waals surface area contributed by atoms with Gasteiger partial charge in [-0.3, -0.25) is 4.79 Å². The lowest BCUT2D eigenvalue weighted by molar-refractivity contribution is -0.302. The molecule has 0 saturated carbocycles. The number of amides is 1. The highest BCUT2D eigenvalue weighted by Gasteiger charge is 2.44. The Bertz CT molecular complexity index is 904. The maximum Gasteiger partial charge on any atom is 0.220 e. The van der Waals surface area contributed by atoms with Gasteiger partial charge in [-0.2, -0.15) is 0 Å². The van der Waals surface area contributed by atoms with Gasteiger partial charge in [0.2, 0.25) is 5.91 Å². The van der Waals surface area contributed by atoms with Crippen molar-refractivity contribution in [2.45, 2.75) is 275 Å². The van der Waals surface area contributed by atoms with Gasteiger partial charge in [-0.15, -0.1) is 0 Å². The summed E-state index contributed by atoms with van der Waals surface area (Å²) >= 11 is 0. The van der Waals surface area contributed by atoms with Crippen LogP contribution in [0.1, 0.15) is 232 Å². The highest BCUT2D eigenvalue weighted by atomic mass is 16.7. The molecule has 0 aromatic heterocycles. The van der Waals surface area contributed by atoms with E-state index in [1.54, 1.807) is 6.08 Å². The number of aliphatic hydroxyl groups excluding tert-OH is 5. The van der Waals surface area contributed by atoms with Gasteiger partial charge in [-0.25, -0.2) is 0 Å². The Balaban J connectivity index is 2.09. The molecule has 7 atom stereocenters. The second kappa shape index (κ2) is 39.1. The normalized spacial score (nSPS) is 21.0. The fourth-order valence-corrected chi connectivity index (χ4v) is 7.92. The Morgan fingerprint density at radius 1 is 0.579 bits per heavy atom. The molecule has 1 aliphatic rings. The number of hydrogen-bond donors (Lipinski definition) is 6. The minimum atomic E-state index is -1.56. The van der Waals surface area contributed by atoms with Crippen molar-refractivity contribution in [3.63, 3.8) is 0 Å². The Morgan fingerprint density at radius 2 is 0.965 bits per heavy atom. The van der Waals surface area contributed by atoms with Crippen LogP contribution in [0.4, 0.5) is 0 Å². The van der Waals surface area contributed by atoms with Crippen molar-refractivity contribution in [3.05, 3.63) is 12.2 Å². The predicted molar refractivity (Wildman–Crippen MR) is 235 cm³/mol. The second-order valence-corrected chi connectivity index (χ2v) is 17.3. The van der Waals surface area contributed by atoms with Crippen molar-refractivity contribution in [2.75, 3.05) is 13.2 Å². The zero-order valence-corrected chi connectivity index (χ0v) is 37.1. The van der Waals surface area contributed by atoms with Crippen molar-refractivity contribution in [1.29, 1.82) is 0 Å². The van der Waals surface area contributed by atoms with Crippen molar-refractivity contribution in [2.24, 2.45) is 0 Å². The number of allylic oxidation sites excluding steroid dienone is 1. The van der Waals surface area contributed by atoms with E-state index in [4.69, 9.17) is 9.47 Å². The molecule has 1 heterocycles. The van der Waals surface area contributed by atoms with Gasteiger partial charge in [0.25, 0.3) is 0 Å². The summed E-state index contributed by atoms with van der Waals surface area (Å²) in [5.74, 6) is -0.188. The maximum absolute atomic E-state index is 12.7. The van der Waals surface area contributed by atoms with Crippen molar-refractivity contribution in [3.8, 4) is 0 Å². The highest BCUT2D eigenvalue weighted by Crippen LogP contribution is 2.23. The molecule has 1 aliphatic heterocycles. The van der Waals surface area contributed by atoms with Gasteiger partial charge in [0.1, 0.15) is 24.4 Å². The van der Waals surface area contributed by atoms with Crippen LogP contribution >= 0.6 is 0 Å². The first-order valence-electron chi connectivity index (χ1n) is 24.4.